The number of nitrogens with one attached hydrogen (secondary N) is 1. The zero-order chi connectivity index (χ0) is 24.7. The van der Waals surface area contributed by atoms with Crippen LogP contribution in [-0.4, -0.2) is 35.4 Å². The molecule has 0 unspecified atom stereocenters. The smallest absolute Gasteiger partial charge is 0.251 e. The minimum Gasteiger partial charge on any atom is -0.487 e. The van der Waals surface area contributed by atoms with Crippen molar-refractivity contribution in [1.82, 2.24) is 15.2 Å². The predicted molar refractivity (Wildman–Crippen MR) is 140 cm³/mol. The van der Waals surface area contributed by atoms with Gasteiger partial charge in [0.1, 0.15) is 23.8 Å². The second-order valence-electron chi connectivity index (χ2n) is 9.11. The van der Waals surface area contributed by atoms with Crippen molar-refractivity contribution in [1.29, 1.82) is 0 Å². The summed E-state index contributed by atoms with van der Waals surface area (Å²) >= 11 is 0. The molecule has 4 aromatic rings. The van der Waals surface area contributed by atoms with E-state index in [1.54, 1.807) is 0 Å². The fourth-order valence-electron chi connectivity index (χ4n) is 4.47. The molecule has 2 heterocycles. The molecule has 3 aromatic carbocycles. The Labute approximate surface area is 211 Å². The van der Waals surface area contributed by atoms with Crippen LogP contribution in [0.2, 0.25) is 0 Å². The number of para-hydroxylation sites is 1. The van der Waals surface area contributed by atoms with Gasteiger partial charge in [0.05, 0.1) is 0 Å². The number of rotatable bonds is 9. The van der Waals surface area contributed by atoms with Crippen molar-refractivity contribution >= 4 is 5.91 Å². The van der Waals surface area contributed by atoms with Gasteiger partial charge in [0.15, 0.2) is 0 Å². The average molecular weight is 482 g/mol. The molecule has 36 heavy (non-hydrogen) atoms. The lowest BCUT2D eigenvalue weighted by molar-refractivity contribution is 0.0951. The van der Waals surface area contributed by atoms with E-state index in [1.165, 1.54) is 11.1 Å². The van der Waals surface area contributed by atoms with Crippen molar-refractivity contribution < 1.29 is 13.9 Å². The van der Waals surface area contributed by atoms with Crippen LogP contribution in [0.25, 0.3) is 11.5 Å². The molecule has 6 heteroatoms. The molecule has 0 saturated carbocycles. The molecule has 0 spiro atoms. The number of oxazole rings is 1. The standard InChI is InChI=1S/C30H31N3O3/c1-22-28(21-35-27-10-3-2-4-11-27)32-30(36-22)25-14-12-24(13-15-25)29(34)31-17-7-18-33-19-16-23-8-5-6-9-26(23)20-33/h2-6,8-15H,7,16-21H2,1H3,(H,31,34). The van der Waals surface area contributed by atoms with Crippen LogP contribution < -0.4 is 10.1 Å². The van der Waals surface area contributed by atoms with Crippen LogP contribution >= 0.6 is 0 Å². The SMILES string of the molecule is Cc1oc(-c2ccc(C(=O)NCCCN3CCc4ccccc4C3)cc2)nc1COc1ccccc1. The maximum Gasteiger partial charge on any atom is 0.251 e. The predicted octanol–water partition coefficient (Wildman–Crippen LogP) is 5.41. The lowest BCUT2D eigenvalue weighted by Gasteiger charge is -2.28. The number of benzene rings is 3. The Kier molecular flexibility index (Phi) is 7.43. The third kappa shape index (κ3) is 5.83. The van der Waals surface area contributed by atoms with Crippen molar-refractivity contribution in [3.05, 3.63) is 107 Å². The van der Waals surface area contributed by atoms with Crippen molar-refractivity contribution in [3.8, 4) is 17.2 Å². The van der Waals surface area contributed by atoms with Crippen LogP contribution in [0.4, 0.5) is 0 Å². The largest absolute Gasteiger partial charge is 0.487 e. The molecular formula is C30H31N3O3. The molecule has 0 aliphatic carbocycles. The van der Waals surface area contributed by atoms with E-state index in [-0.39, 0.29) is 5.91 Å². The van der Waals surface area contributed by atoms with Gasteiger partial charge in [-0.1, -0.05) is 42.5 Å². The molecule has 0 atom stereocenters. The average Bonchev–Trinajstić information content (AvgIpc) is 3.30. The maximum absolute atomic E-state index is 12.6. The van der Waals surface area contributed by atoms with E-state index in [4.69, 9.17) is 9.15 Å². The van der Waals surface area contributed by atoms with Gasteiger partial charge in [0, 0.05) is 37.3 Å². The third-order valence-corrected chi connectivity index (χ3v) is 6.55. The summed E-state index contributed by atoms with van der Waals surface area (Å²) in [5.74, 6) is 1.97. The van der Waals surface area contributed by atoms with Gasteiger partial charge >= 0.3 is 0 Å². The van der Waals surface area contributed by atoms with Crippen LogP contribution in [0.1, 0.15) is 39.4 Å². The maximum atomic E-state index is 12.6. The molecule has 184 valence electrons. The van der Waals surface area contributed by atoms with E-state index in [0.717, 1.165) is 55.2 Å². The van der Waals surface area contributed by atoms with Gasteiger partial charge in [0.25, 0.3) is 5.91 Å². The van der Waals surface area contributed by atoms with Crippen molar-refractivity contribution in [2.24, 2.45) is 0 Å². The monoisotopic (exact) mass is 481 g/mol. The number of carbonyl (C=O) groups is 1. The molecule has 1 aliphatic heterocycles. The van der Waals surface area contributed by atoms with Crippen LogP contribution in [0.5, 0.6) is 5.75 Å². The molecule has 0 bridgehead atoms. The van der Waals surface area contributed by atoms with E-state index in [9.17, 15) is 4.79 Å². The summed E-state index contributed by atoms with van der Waals surface area (Å²) in [5.41, 5.74) is 5.09. The fourth-order valence-corrected chi connectivity index (χ4v) is 4.47. The Morgan fingerprint density at radius 2 is 1.75 bits per heavy atom. The number of hydrogen-bond acceptors (Lipinski definition) is 5. The summed E-state index contributed by atoms with van der Waals surface area (Å²) in [6.07, 6.45) is 2.02. The summed E-state index contributed by atoms with van der Waals surface area (Å²) in [7, 11) is 0. The second kappa shape index (κ2) is 11.2. The molecular weight excluding hydrogens is 450 g/mol. The lowest BCUT2D eigenvalue weighted by Crippen LogP contribution is -2.33. The Balaban J connectivity index is 1.09. The van der Waals surface area contributed by atoms with Crippen LogP contribution in [-0.2, 0) is 19.6 Å². The van der Waals surface area contributed by atoms with Gasteiger partial charge in [-0.05, 0) is 67.3 Å². The highest BCUT2D eigenvalue weighted by Gasteiger charge is 2.16. The molecule has 5 rings (SSSR count). The Morgan fingerprint density at radius 1 is 1.00 bits per heavy atom. The first-order valence-corrected chi connectivity index (χ1v) is 12.5. The molecule has 0 saturated heterocycles. The van der Waals surface area contributed by atoms with E-state index >= 15 is 0 Å². The zero-order valence-corrected chi connectivity index (χ0v) is 20.6. The highest BCUT2D eigenvalue weighted by atomic mass is 16.5. The first kappa shape index (κ1) is 23.8. The first-order chi connectivity index (χ1) is 17.7. The number of amides is 1. The number of carbonyl (C=O) groups excluding carboxylic acids is 1. The molecule has 1 N–H and O–H groups in total. The molecule has 0 radical (unpaired) electrons. The normalized spacial score (nSPS) is 13.2. The first-order valence-electron chi connectivity index (χ1n) is 12.5. The van der Waals surface area contributed by atoms with Crippen LogP contribution in [0.15, 0.2) is 83.3 Å². The van der Waals surface area contributed by atoms with Gasteiger partial charge in [-0.25, -0.2) is 4.98 Å². The Hall–Kier alpha value is -3.90. The minimum absolute atomic E-state index is 0.0638. The zero-order valence-electron chi connectivity index (χ0n) is 20.6. The molecule has 6 nitrogen and oxygen atoms in total. The highest BCUT2D eigenvalue weighted by Crippen LogP contribution is 2.23. The van der Waals surface area contributed by atoms with Crippen molar-refractivity contribution in [2.75, 3.05) is 19.6 Å². The molecule has 0 fully saturated rings. The van der Waals surface area contributed by atoms with Crippen molar-refractivity contribution in [3.63, 3.8) is 0 Å². The van der Waals surface area contributed by atoms with Gasteiger partial charge in [-0.15, -0.1) is 0 Å². The summed E-state index contributed by atoms with van der Waals surface area (Å²) in [5, 5.41) is 3.04. The molecule has 1 amide bonds. The Bertz CT molecular complexity index is 1300. The van der Waals surface area contributed by atoms with Gasteiger partial charge in [0.2, 0.25) is 5.89 Å². The number of hydrogen-bond donors (Lipinski definition) is 1. The number of ether oxygens (including phenoxy) is 1. The van der Waals surface area contributed by atoms with Crippen LogP contribution in [0, 0.1) is 6.92 Å². The van der Waals surface area contributed by atoms with E-state index in [1.807, 2.05) is 61.5 Å². The second-order valence-corrected chi connectivity index (χ2v) is 9.11. The minimum atomic E-state index is -0.0638. The highest BCUT2D eigenvalue weighted by molar-refractivity contribution is 5.94. The third-order valence-electron chi connectivity index (χ3n) is 6.55. The fraction of sp³-hybridized carbons (Fsp3) is 0.267. The van der Waals surface area contributed by atoms with Crippen LogP contribution in [0.3, 0.4) is 0 Å². The Morgan fingerprint density at radius 3 is 2.56 bits per heavy atom. The van der Waals surface area contributed by atoms with E-state index < -0.39 is 0 Å². The number of aryl methyl sites for hydroxylation is 1. The number of fused-ring (bicyclic) bond motifs is 1. The molecule has 1 aliphatic rings. The number of aromatic nitrogens is 1. The topological polar surface area (TPSA) is 67.6 Å². The lowest BCUT2D eigenvalue weighted by atomic mass is 10.00. The summed E-state index contributed by atoms with van der Waals surface area (Å²) in [6, 6.07) is 25.7. The summed E-state index contributed by atoms with van der Waals surface area (Å²) in [4.78, 5) is 19.7. The quantitative estimate of drug-likeness (QED) is 0.324. The summed E-state index contributed by atoms with van der Waals surface area (Å²) < 4.78 is 11.6. The number of nitrogens with zero attached hydrogens (tertiary/aromatic N) is 2. The van der Waals surface area contributed by atoms with Gasteiger partial charge in [-0.3, -0.25) is 9.69 Å². The van der Waals surface area contributed by atoms with E-state index in [2.05, 4.69) is 39.5 Å². The van der Waals surface area contributed by atoms with Crippen molar-refractivity contribution in [2.45, 2.75) is 32.9 Å². The summed E-state index contributed by atoms with van der Waals surface area (Å²) in [6.45, 7) is 5.92. The van der Waals surface area contributed by atoms with Gasteiger partial charge < -0.3 is 14.5 Å². The van der Waals surface area contributed by atoms with Gasteiger partial charge in [-0.2, -0.15) is 0 Å². The van der Waals surface area contributed by atoms with E-state index in [0.29, 0.717) is 24.6 Å². The molecule has 1 aromatic heterocycles.